The van der Waals surface area contributed by atoms with Gasteiger partial charge in [0.25, 0.3) is 0 Å². The predicted octanol–water partition coefficient (Wildman–Crippen LogP) is 2.94. The van der Waals surface area contributed by atoms with E-state index in [1.54, 1.807) is 10.7 Å². The smallest absolute Gasteiger partial charge is 0.134 e. The molecule has 29 heavy (non-hydrogen) atoms. The maximum Gasteiger partial charge on any atom is 0.134 e. The lowest BCUT2D eigenvalue weighted by atomic mass is 9.98. The standard InChI is InChI=1S/C20H21FN8/c1-27-13-3-4-14(27)8-15(7-13)28-10-16(9-22-28)29-11-19(24-26-29)20-17-5-2-12(21)6-18(17)23-25-20/h2,5-6,9-11,13-15H,3-4,7-8H2,1H3,(H,23,25). The highest BCUT2D eigenvalue weighted by Gasteiger charge is 2.39. The van der Waals surface area contributed by atoms with Gasteiger partial charge in [0.05, 0.1) is 30.1 Å². The monoisotopic (exact) mass is 392 g/mol. The lowest BCUT2D eigenvalue weighted by Gasteiger charge is -2.36. The number of halogens is 1. The van der Waals surface area contributed by atoms with E-state index < -0.39 is 0 Å². The summed E-state index contributed by atoms with van der Waals surface area (Å²) < 4.78 is 17.2. The number of rotatable bonds is 3. The zero-order valence-electron chi connectivity index (χ0n) is 16.0. The molecule has 0 saturated carbocycles. The molecule has 2 aliphatic rings. The number of fused-ring (bicyclic) bond motifs is 3. The molecule has 3 aromatic heterocycles. The summed E-state index contributed by atoms with van der Waals surface area (Å²) in [6.07, 6.45) is 10.6. The molecule has 4 aromatic rings. The number of aromatic nitrogens is 7. The highest BCUT2D eigenvalue weighted by atomic mass is 19.1. The average Bonchev–Trinajstić information content (AvgIpc) is 3.47. The van der Waals surface area contributed by atoms with Crippen molar-refractivity contribution in [3.63, 3.8) is 0 Å². The third-order valence-corrected chi connectivity index (χ3v) is 6.56. The number of H-pyrrole nitrogens is 1. The van der Waals surface area contributed by atoms with E-state index in [0.29, 0.717) is 35.0 Å². The van der Waals surface area contributed by atoms with Gasteiger partial charge in [-0.1, -0.05) is 5.21 Å². The first-order chi connectivity index (χ1) is 14.2. The van der Waals surface area contributed by atoms with Gasteiger partial charge in [0, 0.05) is 17.5 Å². The van der Waals surface area contributed by atoms with Crippen LogP contribution in [0.4, 0.5) is 4.39 Å². The highest BCUT2D eigenvalue weighted by Crippen LogP contribution is 2.39. The van der Waals surface area contributed by atoms with Gasteiger partial charge in [-0.05, 0) is 50.9 Å². The molecule has 1 N–H and O–H groups in total. The van der Waals surface area contributed by atoms with Crippen molar-refractivity contribution >= 4 is 10.9 Å². The van der Waals surface area contributed by atoms with Crippen LogP contribution in [0.3, 0.4) is 0 Å². The Labute approximate surface area is 166 Å². The lowest BCUT2D eigenvalue weighted by molar-refractivity contribution is 0.131. The molecule has 2 saturated heterocycles. The maximum atomic E-state index is 13.4. The minimum atomic E-state index is -0.300. The molecule has 2 aliphatic heterocycles. The van der Waals surface area contributed by atoms with E-state index in [9.17, 15) is 4.39 Å². The van der Waals surface area contributed by atoms with E-state index in [1.165, 1.54) is 25.0 Å². The van der Waals surface area contributed by atoms with Crippen molar-refractivity contribution in [2.24, 2.45) is 0 Å². The normalized spacial score (nSPS) is 24.6. The summed E-state index contributed by atoms with van der Waals surface area (Å²) >= 11 is 0. The van der Waals surface area contributed by atoms with Gasteiger partial charge in [-0.2, -0.15) is 10.2 Å². The second-order valence-electron chi connectivity index (χ2n) is 8.16. The molecule has 2 unspecified atom stereocenters. The van der Waals surface area contributed by atoms with Crippen molar-refractivity contribution < 1.29 is 4.39 Å². The molecule has 2 atom stereocenters. The van der Waals surface area contributed by atoms with Gasteiger partial charge in [-0.3, -0.25) is 9.78 Å². The van der Waals surface area contributed by atoms with Crippen molar-refractivity contribution in [3.8, 4) is 17.1 Å². The topological polar surface area (TPSA) is 80.5 Å². The minimum Gasteiger partial charge on any atom is -0.300 e. The Morgan fingerprint density at radius 3 is 2.76 bits per heavy atom. The molecule has 2 bridgehead atoms. The molecule has 6 rings (SSSR count). The lowest BCUT2D eigenvalue weighted by Crippen LogP contribution is -2.40. The molecular formula is C20H21FN8. The van der Waals surface area contributed by atoms with Crippen molar-refractivity contribution in [1.82, 2.24) is 39.9 Å². The van der Waals surface area contributed by atoms with Crippen molar-refractivity contribution in [3.05, 3.63) is 42.6 Å². The van der Waals surface area contributed by atoms with Crippen LogP contribution in [0.1, 0.15) is 31.7 Å². The molecule has 2 fully saturated rings. The van der Waals surface area contributed by atoms with Crippen LogP contribution in [0.5, 0.6) is 0 Å². The third-order valence-electron chi connectivity index (χ3n) is 6.56. The van der Waals surface area contributed by atoms with E-state index in [2.05, 4.69) is 42.2 Å². The number of hydrogen-bond donors (Lipinski definition) is 1. The fourth-order valence-corrected chi connectivity index (χ4v) is 4.93. The van der Waals surface area contributed by atoms with Crippen LogP contribution in [0.25, 0.3) is 28.0 Å². The number of nitrogens with one attached hydrogen (secondary N) is 1. The largest absolute Gasteiger partial charge is 0.300 e. The van der Waals surface area contributed by atoms with Gasteiger partial charge in [0.1, 0.15) is 22.9 Å². The van der Waals surface area contributed by atoms with Crippen LogP contribution in [0.15, 0.2) is 36.8 Å². The van der Waals surface area contributed by atoms with Gasteiger partial charge in [0.2, 0.25) is 0 Å². The molecule has 0 amide bonds. The molecule has 0 aliphatic carbocycles. The van der Waals surface area contributed by atoms with Gasteiger partial charge >= 0.3 is 0 Å². The first kappa shape index (κ1) is 16.8. The van der Waals surface area contributed by atoms with E-state index in [-0.39, 0.29) is 5.82 Å². The summed E-state index contributed by atoms with van der Waals surface area (Å²) in [5, 5.41) is 21.1. The predicted molar refractivity (Wildman–Crippen MR) is 105 cm³/mol. The molecular weight excluding hydrogens is 371 g/mol. The van der Waals surface area contributed by atoms with Crippen LogP contribution in [0.2, 0.25) is 0 Å². The first-order valence-electron chi connectivity index (χ1n) is 9.98. The fraction of sp³-hybridized carbons (Fsp3) is 0.400. The van der Waals surface area contributed by atoms with E-state index >= 15 is 0 Å². The third kappa shape index (κ3) is 2.68. The molecule has 0 radical (unpaired) electrons. The fourth-order valence-electron chi connectivity index (χ4n) is 4.93. The number of aromatic amines is 1. The maximum absolute atomic E-state index is 13.4. The van der Waals surface area contributed by atoms with E-state index in [4.69, 9.17) is 0 Å². The number of piperidine rings is 1. The van der Waals surface area contributed by atoms with Crippen LogP contribution >= 0.6 is 0 Å². The number of benzene rings is 1. The second-order valence-corrected chi connectivity index (χ2v) is 8.16. The second kappa shape index (κ2) is 6.21. The van der Waals surface area contributed by atoms with Crippen molar-refractivity contribution in [1.29, 1.82) is 0 Å². The molecule has 1 aromatic carbocycles. The Morgan fingerprint density at radius 2 is 1.93 bits per heavy atom. The molecule has 5 heterocycles. The Hall–Kier alpha value is -3.07. The van der Waals surface area contributed by atoms with E-state index in [0.717, 1.165) is 23.9 Å². The summed E-state index contributed by atoms with van der Waals surface area (Å²) in [6, 6.07) is 6.32. The van der Waals surface area contributed by atoms with Crippen molar-refractivity contribution in [2.45, 2.75) is 43.8 Å². The summed E-state index contributed by atoms with van der Waals surface area (Å²) in [4.78, 5) is 2.53. The Bertz CT molecular complexity index is 1180. The molecule has 148 valence electrons. The minimum absolute atomic E-state index is 0.300. The summed E-state index contributed by atoms with van der Waals surface area (Å²) in [5.41, 5.74) is 2.80. The number of hydrogen-bond acceptors (Lipinski definition) is 5. The van der Waals surface area contributed by atoms with Gasteiger partial charge in [-0.15, -0.1) is 5.10 Å². The Morgan fingerprint density at radius 1 is 1.10 bits per heavy atom. The van der Waals surface area contributed by atoms with Crippen molar-refractivity contribution in [2.75, 3.05) is 7.05 Å². The van der Waals surface area contributed by atoms with Gasteiger partial charge in [0.15, 0.2) is 0 Å². The summed E-state index contributed by atoms with van der Waals surface area (Å²) in [6.45, 7) is 0. The van der Waals surface area contributed by atoms with Crippen LogP contribution < -0.4 is 0 Å². The van der Waals surface area contributed by atoms with Gasteiger partial charge in [-0.25, -0.2) is 9.07 Å². The Kier molecular flexibility index (Phi) is 3.61. The Balaban J connectivity index is 1.28. The van der Waals surface area contributed by atoms with E-state index in [1.807, 2.05) is 18.6 Å². The quantitative estimate of drug-likeness (QED) is 0.580. The SMILES string of the molecule is CN1C2CCC1CC(n1cc(-n3cc(-c4n[nH]c5cc(F)ccc45)nn3)cn1)C2. The first-order valence-corrected chi connectivity index (χ1v) is 9.98. The summed E-state index contributed by atoms with van der Waals surface area (Å²) in [5.74, 6) is -0.300. The zero-order chi connectivity index (χ0) is 19.5. The van der Waals surface area contributed by atoms with Crippen LogP contribution in [0, 0.1) is 5.82 Å². The van der Waals surface area contributed by atoms with Crippen LogP contribution in [-0.4, -0.2) is 59.0 Å². The highest BCUT2D eigenvalue weighted by molar-refractivity contribution is 5.91. The van der Waals surface area contributed by atoms with Crippen LogP contribution in [-0.2, 0) is 0 Å². The summed E-state index contributed by atoms with van der Waals surface area (Å²) in [7, 11) is 2.25. The molecule has 9 heteroatoms. The zero-order valence-corrected chi connectivity index (χ0v) is 16.0. The molecule has 0 spiro atoms. The molecule has 8 nitrogen and oxygen atoms in total. The number of nitrogens with zero attached hydrogens (tertiary/aromatic N) is 7. The average molecular weight is 392 g/mol. The van der Waals surface area contributed by atoms with Gasteiger partial charge < -0.3 is 4.90 Å².